The van der Waals surface area contributed by atoms with E-state index in [9.17, 15) is 14.9 Å². The Bertz CT molecular complexity index is 1750. The Morgan fingerprint density at radius 2 is 1.85 bits per heavy atom. The van der Waals surface area contributed by atoms with Crippen molar-refractivity contribution in [1.82, 2.24) is 10.3 Å². The SMILES string of the molecule is O=C1NC2(Oc3ccccc3C3CC(c4ccc(Cl)cc4)=NN32)/C(=C/c2ccc(-c3ccccc3[N+](=O)[O-])o2)S1. The molecule has 7 rings (SSSR count). The van der Waals surface area contributed by atoms with Crippen LogP contribution < -0.4 is 10.1 Å². The third kappa shape index (κ3) is 3.95. The molecule has 3 aromatic carbocycles. The molecule has 0 aliphatic carbocycles. The van der Waals surface area contributed by atoms with E-state index in [1.165, 1.54) is 6.07 Å². The molecule has 4 heterocycles. The van der Waals surface area contributed by atoms with Gasteiger partial charge in [-0.25, -0.2) is 5.01 Å². The summed E-state index contributed by atoms with van der Waals surface area (Å²) in [5, 5.41) is 21.6. The maximum atomic E-state index is 12.9. The number of thioether (sulfide) groups is 1. The van der Waals surface area contributed by atoms with E-state index in [0.717, 1.165) is 28.6 Å². The summed E-state index contributed by atoms with van der Waals surface area (Å²) in [5.74, 6) is -0.00939. The molecule has 0 saturated carbocycles. The van der Waals surface area contributed by atoms with Gasteiger partial charge in [0.1, 0.15) is 17.3 Å². The van der Waals surface area contributed by atoms with Gasteiger partial charge >= 0.3 is 5.85 Å². The summed E-state index contributed by atoms with van der Waals surface area (Å²) in [7, 11) is 0. The van der Waals surface area contributed by atoms with Gasteiger partial charge in [0.15, 0.2) is 0 Å². The molecule has 198 valence electrons. The largest absolute Gasteiger partial charge is 0.456 e. The molecule has 0 radical (unpaired) electrons. The fraction of sp³-hybridized carbons (Fsp3) is 0.103. The lowest BCUT2D eigenvalue weighted by molar-refractivity contribution is -0.384. The summed E-state index contributed by atoms with van der Waals surface area (Å²) in [6, 6.07) is 24.7. The predicted octanol–water partition coefficient (Wildman–Crippen LogP) is 7.20. The molecular weight excluding hydrogens is 552 g/mol. The summed E-state index contributed by atoms with van der Waals surface area (Å²) >= 11 is 7.10. The van der Waals surface area contributed by atoms with Crippen molar-refractivity contribution in [2.45, 2.75) is 18.3 Å². The molecule has 3 aliphatic rings. The smallest absolute Gasteiger partial charge is 0.314 e. The second-order valence-electron chi connectivity index (χ2n) is 9.40. The third-order valence-electron chi connectivity index (χ3n) is 7.02. The maximum Gasteiger partial charge on any atom is 0.314 e. The first kappa shape index (κ1) is 24.5. The quantitative estimate of drug-likeness (QED) is 0.204. The lowest BCUT2D eigenvalue weighted by Gasteiger charge is -2.44. The molecule has 2 unspecified atom stereocenters. The number of carbonyl (C=O) groups excluding carboxylic acids is 1. The highest BCUT2D eigenvalue weighted by Crippen LogP contribution is 2.52. The Kier molecular flexibility index (Phi) is 5.69. The van der Waals surface area contributed by atoms with Crippen LogP contribution in [-0.2, 0) is 0 Å². The molecule has 3 aliphatic heterocycles. The number of nitrogens with zero attached hydrogens (tertiary/aromatic N) is 3. The monoisotopic (exact) mass is 570 g/mol. The van der Waals surface area contributed by atoms with E-state index in [1.807, 2.05) is 48.5 Å². The fourth-order valence-electron chi connectivity index (χ4n) is 5.23. The highest BCUT2D eigenvalue weighted by molar-refractivity contribution is 8.17. The highest BCUT2D eigenvalue weighted by atomic mass is 35.5. The molecular formula is C29H19ClN4O5S. The van der Waals surface area contributed by atoms with Crippen LogP contribution in [0.25, 0.3) is 17.4 Å². The number of hydrazone groups is 1. The number of carbonyl (C=O) groups is 1. The first-order chi connectivity index (χ1) is 19.4. The number of nitro groups is 1. The number of benzene rings is 3. The number of hydrogen-bond acceptors (Lipinski definition) is 8. The average Bonchev–Trinajstić information content (AvgIpc) is 3.68. The minimum absolute atomic E-state index is 0.0594. The van der Waals surface area contributed by atoms with Gasteiger partial charge in [-0.3, -0.25) is 20.2 Å². The number of hydrogen-bond donors (Lipinski definition) is 1. The number of ether oxygens (including phenoxy) is 1. The Labute approximate surface area is 237 Å². The Morgan fingerprint density at radius 1 is 1.07 bits per heavy atom. The minimum Gasteiger partial charge on any atom is -0.456 e. The first-order valence-electron chi connectivity index (χ1n) is 12.4. The molecule has 40 heavy (non-hydrogen) atoms. The molecule has 0 bridgehead atoms. The van der Waals surface area contributed by atoms with Gasteiger partial charge in [0.05, 0.1) is 27.1 Å². The second kappa shape index (κ2) is 9.29. The number of amides is 1. The highest BCUT2D eigenvalue weighted by Gasteiger charge is 2.58. The molecule has 11 heteroatoms. The first-order valence-corrected chi connectivity index (χ1v) is 13.6. The van der Waals surface area contributed by atoms with Crippen LogP contribution in [0.15, 0.2) is 99.4 Å². The number of para-hydroxylation sites is 2. The average molecular weight is 571 g/mol. The molecule has 4 aromatic rings. The molecule has 1 aromatic heterocycles. The number of furan rings is 1. The fourth-order valence-corrected chi connectivity index (χ4v) is 6.24. The summed E-state index contributed by atoms with van der Waals surface area (Å²) < 4.78 is 12.6. The van der Waals surface area contributed by atoms with Crippen molar-refractivity contribution in [2.75, 3.05) is 0 Å². The lowest BCUT2D eigenvalue weighted by atomic mass is 9.96. The van der Waals surface area contributed by atoms with Crippen molar-refractivity contribution < 1.29 is 18.9 Å². The van der Waals surface area contributed by atoms with E-state index >= 15 is 0 Å². The Balaban J connectivity index is 1.32. The van der Waals surface area contributed by atoms with Crippen molar-refractivity contribution in [1.29, 1.82) is 0 Å². The molecule has 1 fully saturated rings. The van der Waals surface area contributed by atoms with Gasteiger partial charge in [0.25, 0.3) is 10.9 Å². The van der Waals surface area contributed by atoms with Crippen molar-refractivity contribution in [3.05, 3.63) is 122 Å². The summed E-state index contributed by atoms with van der Waals surface area (Å²) in [6.45, 7) is 0. The van der Waals surface area contributed by atoms with Crippen molar-refractivity contribution in [3.8, 4) is 17.1 Å². The number of fused-ring (bicyclic) bond motifs is 4. The number of rotatable bonds is 4. The zero-order chi connectivity index (χ0) is 27.4. The summed E-state index contributed by atoms with van der Waals surface area (Å²) in [5.41, 5.74) is 3.02. The van der Waals surface area contributed by atoms with Crippen molar-refractivity contribution in [3.63, 3.8) is 0 Å². The van der Waals surface area contributed by atoms with E-state index in [0.29, 0.717) is 39.2 Å². The van der Waals surface area contributed by atoms with Crippen LogP contribution in [0.1, 0.15) is 29.3 Å². The van der Waals surface area contributed by atoms with E-state index in [2.05, 4.69) is 5.32 Å². The molecule has 2 atom stereocenters. The van der Waals surface area contributed by atoms with Crippen molar-refractivity contribution >= 4 is 46.1 Å². The normalized spacial score (nSPS) is 22.1. The van der Waals surface area contributed by atoms with Crippen LogP contribution in [-0.4, -0.2) is 26.7 Å². The van der Waals surface area contributed by atoms with Crippen LogP contribution in [0.5, 0.6) is 5.75 Å². The van der Waals surface area contributed by atoms with Crippen LogP contribution >= 0.6 is 23.4 Å². The maximum absolute atomic E-state index is 12.9. The number of halogens is 1. The van der Waals surface area contributed by atoms with Gasteiger partial charge in [0, 0.05) is 23.1 Å². The summed E-state index contributed by atoms with van der Waals surface area (Å²) in [4.78, 5) is 24.5. The Morgan fingerprint density at radius 3 is 2.67 bits per heavy atom. The molecule has 1 N–H and O–H groups in total. The van der Waals surface area contributed by atoms with Crippen LogP contribution in [0.2, 0.25) is 5.02 Å². The zero-order valence-electron chi connectivity index (χ0n) is 20.6. The van der Waals surface area contributed by atoms with E-state index in [1.54, 1.807) is 41.4 Å². The van der Waals surface area contributed by atoms with Crippen LogP contribution in [0.4, 0.5) is 10.5 Å². The van der Waals surface area contributed by atoms with Crippen molar-refractivity contribution in [2.24, 2.45) is 5.10 Å². The number of nitrogens with one attached hydrogen (secondary N) is 1. The predicted molar refractivity (Wildman–Crippen MR) is 152 cm³/mol. The lowest BCUT2D eigenvalue weighted by Crippen LogP contribution is -2.61. The van der Waals surface area contributed by atoms with Gasteiger partial charge in [-0.2, -0.15) is 5.10 Å². The second-order valence-corrected chi connectivity index (χ2v) is 10.9. The Hall–Kier alpha value is -4.54. The van der Waals surface area contributed by atoms with Gasteiger partial charge < -0.3 is 9.15 Å². The van der Waals surface area contributed by atoms with Gasteiger partial charge in [-0.1, -0.05) is 54.1 Å². The standard InChI is InChI=1S/C29H19ClN4O5S/c30-18-11-9-17(10-12-18)22-16-24-21-6-2-4-8-26(21)39-29(33(24)32-22)27(40-28(35)31-29)15-19-13-14-25(38-19)20-5-1-3-7-23(20)34(36)37/h1-15,24H,16H2,(H,31,35)/b27-15-. The van der Waals surface area contributed by atoms with Crippen LogP contribution in [0.3, 0.4) is 0 Å². The van der Waals surface area contributed by atoms with E-state index in [4.69, 9.17) is 25.9 Å². The summed E-state index contributed by atoms with van der Waals surface area (Å²) in [6.07, 6.45) is 2.31. The third-order valence-corrected chi connectivity index (χ3v) is 8.17. The van der Waals surface area contributed by atoms with E-state index in [-0.39, 0.29) is 17.0 Å². The molecule has 9 nitrogen and oxygen atoms in total. The van der Waals surface area contributed by atoms with Gasteiger partial charge in [-0.15, -0.1) is 0 Å². The van der Waals surface area contributed by atoms with Crippen LogP contribution in [0, 0.1) is 10.1 Å². The molecule has 1 amide bonds. The minimum atomic E-state index is -1.40. The molecule has 1 saturated heterocycles. The zero-order valence-corrected chi connectivity index (χ0v) is 22.2. The van der Waals surface area contributed by atoms with Gasteiger partial charge in [-0.05, 0) is 59.8 Å². The molecule has 1 spiro atoms. The number of nitro benzene ring substituents is 1. The van der Waals surface area contributed by atoms with E-state index < -0.39 is 10.8 Å². The topological polar surface area (TPSA) is 110 Å². The van der Waals surface area contributed by atoms with Gasteiger partial charge in [0.2, 0.25) is 0 Å².